The van der Waals surface area contributed by atoms with E-state index in [-0.39, 0.29) is 30.6 Å². The summed E-state index contributed by atoms with van der Waals surface area (Å²) in [4.78, 5) is 17.1. The van der Waals surface area contributed by atoms with Gasteiger partial charge < -0.3 is 14.7 Å². The van der Waals surface area contributed by atoms with E-state index in [4.69, 9.17) is 4.74 Å². The van der Waals surface area contributed by atoms with Crippen LogP contribution in [0.4, 0.5) is 0 Å². The maximum absolute atomic E-state index is 13.0. The zero-order valence-electron chi connectivity index (χ0n) is 22.2. The Morgan fingerprint density at radius 2 is 1.86 bits per heavy atom. The van der Waals surface area contributed by atoms with E-state index in [2.05, 4.69) is 77.7 Å². The summed E-state index contributed by atoms with van der Waals surface area (Å²) in [7, 11) is 2.10. The second-order valence-electron chi connectivity index (χ2n) is 10.2. The molecule has 0 unspecified atom stereocenters. The van der Waals surface area contributed by atoms with Crippen LogP contribution in [0, 0.1) is 5.92 Å². The lowest BCUT2D eigenvalue weighted by Gasteiger charge is -2.35. The van der Waals surface area contributed by atoms with Crippen LogP contribution in [0.15, 0.2) is 60.8 Å². The Hall–Kier alpha value is -3.07. The summed E-state index contributed by atoms with van der Waals surface area (Å²) in [5.74, 6) is 0.121. The Balaban J connectivity index is 1.45. The molecule has 1 aliphatic rings. The molecule has 3 aromatic rings. The molecule has 2 bridgehead atoms. The number of carbonyl (C=O) groups excluding carboxylic acids is 1. The van der Waals surface area contributed by atoms with Gasteiger partial charge in [0.25, 0.3) is 0 Å². The minimum Gasteiger partial charge on any atom is -0.394 e. The molecule has 1 aliphatic heterocycles. The summed E-state index contributed by atoms with van der Waals surface area (Å²) < 4.78 is 8.16. The van der Waals surface area contributed by atoms with Crippen LogP contribution >= 0.6 is 0 Å². The average molecular weight is 506 g/mol. The van der Waals surface area contributed by atoms with Crippen molar-refractivity contribution < 1.29 is 14.6 Å². The van der Waals surface area contributed by atoms with Crippen LogP contribution in [0.1, 0.15) is 37.9 Å². The first-order valence-electron chi connectivity index (χ1n) is 13.2. The Morgan fingerprint density at radius 3 is 2.59 bits per heavy atom. The first-order valence-corrected chi connectivity index (χ1v) is 13.2. The number of aromatic nitrogens is 3. The van der Waals surface area contributed by atoms with Crippen molar-refractivity contribution in [1.29, 1.82) is 0 Å². The normalized spacial score (nSPS) is 20.2. The van der Waals surface area contributed by atoms with Crippen LogP contribution in [0.2, 0.25) is 0 Å². The summed E-state index contributed by atoms with van der Waals surface area (Å²) in [5.41, 5.74) is 4.44. The third-order valence-corrected chi connectivity index (χ3v) is 7.05. The molecule has 0 saturated heterocycles. The van der Waals surface area contributed by atoms with Crippen molar-refractivity contribution in [2.24, 2.45) is 5.92 Å². The Kier molecular flexibility index (Phi) is 9.44. The second kappa shape index (κ2) is 12.9. The van der Waals surface area contributed by atoms with Crippen LogP contribution in [0.5, 0.6) is 0 Å². The Bertz CT molecular complexity index is 1120. The summed E-state index contributed by atoms with van der Waals surface area (Å²) in [5, 5.41) is 18.2. The molecule has 4 rings (SSSR count). The highest BCUT2D eigenvalue weighted by molar-refractivity contribution is 5.76. The summed E-state index contributed by atoms with van der Waals surface area (Å²) in [6.45, 7) is 6.98. The highest BCUT2D eigenvalue weighted by Gasteiger charge is 2.28. The molecule has 0 spiro atoms. The number of nitrogens with zero attached hydrogens (tertiary/aromatic N) is 5. The molecule has 37 heavy (non-hydrogen) atoms. The number of rotatable bonds is 7. The van der Waals surface area contributed by atoms with E-state index in [1.165, 1.54) is 16.7 Å². The molecule has 2 heterocycles. The minimum atomic E-state index is -0.237. The number of amides is 1. The van der Waals surface area contributed by atoms with Gasteiger partial charge >= 0.3 is 0 Å². The van der Waals surface area contributed by atoms with E-state index in [9.17, 15) is 9.90 Å². The van der Waals surface area contributed by atoms with Crippen molar-refractivity contribution in [3.8, 4) is 11.1 Å². The number of carbonyl (C=O) groups is 1. The Morgan fingerprint density at radius 1 is 1.14 bits per heavy atom. The van der Waals surface area contributed by atoms with E-state index in [0.29, 0.717) is 39.1 Å². The SMILES string of the molecule is C[C@H](CO)N1C[C@H](C)[C@H](CN(C)Cc2ccc(-c3ccccc3)cc2)OCc2cn(nn2)CCCC1=O. The van der Waals surface area contributed by atoms with Gasteiger partial charge in [-0.1, -0.05) is 66.7 Å². The monoisotopic (exact) mass is 505 g/mol. The smallest absolute Gasteiger partial charge is 0.222 e. The molecule has 1 N–H and O–H groups in total. The van der Waals surface area contributed by atoms with Gasteiger partial charge in [-0.25, -0.2) is 0 Å². The number of aryl methyl sites for hydroxylation is 1. The zero-order chi connectivity index (χ0) is 26.2. The van der Waals surface area contributed by atoms with Gasteiger partial charge in [-0.3, -0.25) is 14.4 Å². The number of likely N-dealkylation sites (N-methyl/N-ethyl adjacent to an activating group) is 1. The van der Waals surface area contributed by atoms with Crippen LogP contribution < -0.4 is 0 Å². The molecule has 1 amide bonds. The van der Waals surface area contributed by atoms with E-state index < -0.39 is 0 Å². The molecule has 0 aliphatic carbocycles. The van der Waals surface area contributed by atoms with Crippen LogP contribution in [-0.4, -0.2) is 74.7 Å². The lowest BCUT2D eigenvalue weighted by molar-refractivity contribution is -0.136. The van der Waals surface area contributed by atoms with E-state index in [0.717, 1.165) is 12.2 Å². The molecule has 1 aromatic heterocycles. The maximum atomic E-state index is 13.0. The minimum absolute atomic E-state index is 0.0543. The number of hydrogen-bond donors (Lipinski definition) is 1. The van der Waals surface area contributed by atoms with Gasteiger partial charge in [0.05, 0.1) is 31.6 Å². The van der Waals surface area contributed by atoms with Crippen molar-refractivity contribution in [2.45, 2.75) is 58.5 Å². The van der Waals surface area contributed by atoms with E-state index >= 15 is 0 Å². The topological polar surface area (TPSA) is 83.7 Å². The van der Waals surface area contributed by atoms with Gasteiger partial charge in [-0.2, -0.15) is 0 Å². The number of fused-ring (bicyclic) bond motifs is 2. The molecule has 3 atom stereocenters. The third kappa shape index (κ3) is 7.47. The number of aliphatic hydroxyl groups is 1. The molecular weight excluding hydrogens is 466 g/mol. The predicted molar refractivity (Wildman–Crippen MR) is 143 cm³/mol. The van der Waals surface area contributed by atoms with Crippen LogP contribution in [0.25, 0.3) is 11.1 Å². The van der Waals surface area contributed by atoms with Crippen molar-refractivity contribution >= 4 is 5.91 Å². The number of hydrogen-bond acceptors (Lipinski definition) is 6. The average Bonchev–Trinajstić information content (AvgIpc) is 3.37. The fourth-order valence-electron chi connectivity index (χ4n) is 4.81. The summed E-state index contributed by atoms with van der Waals surface area (Å²) >= 11 is 0. The molecule has 8 nitrogen and oxygen atoms in total. The highest BCUT2D eigenvalue weighted by Crippen LogP contribution is 2.21. The summed E-state index contributed by atoms with van der Waals surface area (Å²) in [6, 6.07) is 18.8. The van der Waals surface area contributed by atoms with E-state index in [1.807, 2.05) is 24.1 Å². The van der Waals surface area contributed by atoms with Crippen molar-refractivity contribution in [1.82, 2.24) is 24.8 Å². The lowest BCUT2D eigenvalue weighted by atomic mass is 10.0. The zero-order valence-corrected chi connectivity index (χ0v) is 22.2. The van der Waals surface area contributed by atoms with Gasteiger partial charge in [-0.05, 0) is 37.1 Å². The highest BCUT2D eigenvalue weighted by atomic mass is 16.5. The quantitative estimate of drug-likeness (QED) is 0.528. The van der Waals surface area contributed by atoms with Gasteiger partial charge in [0.15, 0.2) is 0 Å². The molecular formula is C29H39N5O3. The largest absolute Gasteiger partial charge is 0.394 e. The Labute approximate surface area is 219 Å². The number of ether oxygens (including phenoxy) is 1. The molecule has 8 heteroatoms. The first-order chi connectivity index (χ1) is 17.9. The van der Waals surface area contributed by atoms with Crippen molar-refractivity contribution in [2.75, 3.05) is 26.7 Å². The van der Waals surface area contributed by atoms with Gasteiger partial charge in [0.1, 0.15) is 5.69 Å². The molecule has 0 saturated carbocycles. The van der Waals surface area contributed by atoms with Crippen LogP contribution in [-0.2, 0) is 29.2 Å². The first kappa shape index (κ1) is 27.0. The lowest BCUT2D eigenvalue weighted by Crippen LogP contribution is -2.47. The summed E-state index contributed by atoms with van der Waals surface area (Å²) in [6.07, 6.45) is 2.87. The maximum Gasteiger partial charge on any atom is 0.222 e. The van der Waals surface area contributed by atoms with Gasteiger partial charge in [-0.15, -0.1) is 5.10 Å². The fraction of sp³-hybridized carbons (Fsp3) is 0.483. The van der Waals surface area contributed by atoms with Crippen molar-refractivity contribution in [3.63, 3.8) is 0 Å². The van der Waals surface area contributed by atoms with Crippen molar-refractivity contribution in [3.05, 3.63) is 72.1 Å². The van der Waals surface area contributed by atoms with Gasteiger partial charge in [0, 0.05) is 38.5 Å². The predicted octanol–water partition coefficient (Wildman–Crippen LogP) is 3.60. The second-order valence-corrected chi connectivity index (χ2v) is 10.2. The number of benzene rings is 2. The third-order valence-electron chi connectivity index (χ3n) is 7.05. The van der Waals surface area contributed by atoms with Gasteiger partial charge in [0.2, 0.25) is 5.91 Å². The fourth-order valence-corrected chi connectivity index (χ4v) is 4.81. The molecule has 2 aromatic carbocycles. The molecule has 0 radical (unpaired) electrons. The molecule has 0 fully saturated rings. The molecule has 198 valence electrons. The number of aliphatic hydroxyl groups excluding tert-OH is 1. The standard InChI is InChI=1S/C29H39N5O3/c1-22-16-34(23(2)20-35)29(36)10-7-15-33-18-27(30-31-33)21-37-28(22)19-32(3)17-24-11-13-26(14-12-24)25-8-5-4-6-9-25/h4-6,8-9,11-14,18,22-23,28,35H,7,10,15-17,19-21H2,1-3H3/t22-,23+,28-/m0/s1. The van der Waals surface area contributed by atoms with E-state index in [1.54, 1.807) is 4.68 Å². The van der Waals surface area contributed by atoms with Crippen LogP contribution in [0.3, 0.4) is 0 Å².